The first-order valence-corrected chi connectivity index (χ1v) is 9.11. The van der Waals surface area contributed by atoms with Crippen molar-refractivity contribution in [2.75, 3.05) is 0 Å². The molecule has 1 atom stereocenters. The third kappa shape index (κ3) is 2.85. The lowest BCUT2D eigenvalue weighted by atomic mass is 10.0. The number of imidazole rings is 1. The van der Waals surface area contributed by atoms with E-state index >= 15 is 0 Å². The van der Waals surface area contributed by atoms with E-state index in [4.69, 9.17) is 0 Å². The smallest absolute Gasteiger partial charge is 0.274 e. The van der Waals surface area contributed by atoms with E-state index < -0.39 is 0 Å². The molecule has 2 aromatic heterocycles. The summed E-state index contributed by atoms with van der Waals surface area (Å²) >= 11 is 0. The Kier molecular flexibility index (Phi) is 3.94. The van der Waals surface area contributed by atoms with Gasteiger partial charge in [-0.2, -0.15) is 5.10 Å². The average Bonchev–Trinajstić information content (AvgIpc) is 3.39. The highest BCUT2D eigenvalue weighted by atomic mass is 16.2. The fourth-order valence-corrected chi connectivity index (χ4v) is 3.49. The number of hydrogen-bond donors (Lipinski definition) is 1. The summed E-state index contributed by atoms with van der Waals surface area (Å²) in [5.74, 6) is 0.550. The summed E-state index contributed by atoms with van der Waals surface area (Å²) < 4.78 is 0. The van der Waals surface area contributed by atoms with Crippen LogP contribution in [0.25, 0.3) is 11.0 Å². The monoisotopic (exact) mass is 367 g/mol. The van der Waals surface area contributed by atoms with Gasteiger partial charge in [0, 0.05) is 24.4 Å². The SMILES string of the molecule is O=C(c1ccncc1)N1N=C(c2nc3ccccc3[nH]2)CC1c1ccccc1. The van der Waals surface area contributed by atoms with E-state index in [1.54, 1.807) is 29.5 Å². The number of para-hydroxylation sites is 2. The van der Waals surface area contributed by atoms with E-state index in [1.165, 1.54) is 0 Å². The number of amides is 1. The molecule has 1 aliphatic heterocycles. The number of fused-ring (bicyclic) bond motifs is 1. The van der Waals surface area contributed by atoms with Gasteiger partial charge in [-0.1, -0.05) is 42.5 Å². The number of aromatic nitrogens is 3. The summed E-state index contributed by atoms with van der Waals surface area (Å²) in [5, 5.41) is 6.24. The Morgan fingerprint density at radius 1 is 0.964 bits per heavy atom. The number of benzene rings is 2. The maximum atomic E-state index is 13.1. The van der Waals surface area contributed by atoms with Gasteiger partial charge in [0.2, 0.25) is 0 Å². The highest BCUT2D eigenvalue weighted by Gasteiger charge is 2.34. The van der Waals surface area contributed by atoms with E-state index in [0.717, 1.165) is 22.3 Å². The van der Waals surface area contributed by atoms with Crippen molar-refractivity contribution in [1.82, 2.24) is 20.0 Å². The van der Waals surface area contributed by atoms with Gasteiger partial charge in [-0.15, -0.1) is 0 Å². The van der Waals surface area contributed by atoms with Crippen LogP contribution in [0.1, 0.15) is 34.2 Å². The quantitative estimate of drug-likeness (QED) is 0.596. The molecule has 2 aromatic carbocycles. The van der Waals surface area contributed by atoms with Gasteiger partial charge in [0.05, 0.1) is 17.1 Å². The lowest BCUT2D eigenvalue weighted by Crippen LogP contribution is -2.27. The van der Waals surface area contributed by atoms with Gasteiger partial charge >= 0.3 is 0 Å². The Balaban J connectivity index is 1.56. The van der Waals surface area contributed by atoms with Crippen molar-refractivity contribution < 1.29 is 4.79 Å². The number of H-pyrrole nitrogens is 1. The Hall–Kier alpha value is -3.80. The molecule has 0 radical (unpaired) electrons. The van der Waals surface area contributed by atoms with Gasteiger partial charge in [0.1, 0.15) is 5.71 Å². The van der Waals surface area contributed by atoms with Crippen molar-refractivity contribution in [3.63, 3.8) is 0 Å². The van der Waals surface area contributed by atoms with Gasteiger partial charge in [0.25, 0.3) is 5.91 Å². The second kappa shape index (κ2) is 6.74. The molecule has 0 fully saturated rings. The molecular weight excluding hydrogens is 350 g/mol. The highest BCUT2D eigenvalue weighted by molar-refractivity contribution is 6.04. The molecule has 6 nitrogen and oxygen atoms in total. The summed E-state index contributed by atoms with van der Waals surface area (Å²) in [4.78, 5) is 25.1. The number of rotatable bonds is 3. The van der Waals surface area contributed by atoms with Gasteiger partial charge in [-0.05, 0) is 29.8 Å². The lowest BCUT2D eigenvalue weighted by molar-refractivity contribution is 0.0711. The molecule has 4 aromatic rings. The number of carbonyl (C=O) groups is 1. The Bertz CT molecular complexity index is 1130. The first-order valence-electron chi connectivity index (χ1n) is 9.11. The number of nitrogens with one attached hydrogen (secondary N) is 1. The van der Waals surface area contributed by atoms with Crippen molar-refractivity contribution in [2.45, 2.75) is 12.5 Å². The molecule has 1 aliphatic rings. The van der Waals surface area contributed by atoms with E-state index in [1.807, 2.05) is 54.6 Å². The van der Waals surface area contributed by atoms with Crippen molar-refractivity contribution in [2.24, 2.45) is 5.10 Å². The van der Waals surface area contributed by atoms with Crippen LogP contribution in [0.4, 0.5) is 0 Å². The highest BCUT2D eigenvalue weighted by Crippen LogP contribution is 2.33. The van der Waals surface area contributed by atoms with Crippen molar-refractivity contribution in [3.05, 3.63) is 96.1 Å². The Labute approximate surface area is 161 Å². The minimum atomic E-state index is -0.176. The maximum Gasteiger partial charge on any atom is 0.274 e. The second-order valence-electron chi connectivity index (χ2n) is 6.67. The summed E-state index contributed by atoms with van der Waals surface area (Å²) in [6.07, 6.45) is 3.83. The molecular formula is C22H17N5O. The number of nitrogens with zero attached hydrogens (tertiary/aromatic N) is 4. The first kappa shape index (κ1) is 16.4. The predicted molar refractivity (Wildman–Crippen MR) is 107 cm³/mol. The topological polar surface area (TPSA) is 74.2 Å². The number of hydrazone groups is 1. The molecule has 1 unspecified atom stereocenters. The molecule has 1 amide bonds. The second-order valence-corrected chi connectivity index (χ2v) is 6.67. The summed E-state index contributed by atoms with van der Waals surface area (Å²) in [7, 11) is 0. The van der Waals surface area contributed by atoms with E-state index in [9.17, 15) is 4.79 Å². The van der Waals surface area contributed by atoms with E-state index in [2.05, 4.69) is 20.1 Å². The molecule has 0 saturated heterocycles. The summed E-state index contributed by atoms with van der Waals surface area (Å²) in [5.41, 5.74) is 4.21. The zero-order chi connectivity index (χ0) is 18.9. The normalized spacial score (nSPS) is 16.4. The van der Waals surface area contributed by atoms with Crippen molar-refractivity contribution in [3.8, 4) is 0 Å². The minimum absolute atomic E-state index is 0.151. The Morgan fingerprint density at radius 2 is 1.71 bits per heavy atom. The third-order valence-electron chi connectivity index (χ3n) is 4.89. The van der Waals surface area contributed by atoms with E-state index in [0.29, 0.717) is 17.8 Å². The summed E-state index contributed by atoms with van der Waals surface area (Å²) in [6.45, 7) is 0. The van der Waals surface area contributed by atoms with E-state index in [-0.39, 0.29) is 11.9 Å². The molecule has 5 rings (SSSR count). The van der Waals surface area contributed by atoms with Crippen LogP contribution in [0.2, 0.25) is 0 Å². The molecule has 28 heavy (non-hydrogen) atoms. The first-order chi connectivity index (χ1) is 13.8. The van der Waals surface area contributed by atoms with Crippen LogP contribution < -0.4 is 0 Å². The van der Waals surface area contributed by atoms with Crippen LogP contribution in [-0.4, -0.2) is 31.6 Å². The molecule has 3 heterocycles. The molecule has 136 valence electrons. The molecule has 0 bridgehead atoms. The molecule has 0 spiro atoms. The number of carbonyl (C=O) groups excluding carboxylic acids is 1. The van der Waals surface area contributed by atoms with Crippen LogP contribution >= 0.6 is 0 Å². The van der Waals surface area contributed by atoms with Gasteiger partial charge < -0.3 is 4.98 Å². The maximum absolute atomic E-state index is 13.1. The number of hydrogen-bond acceptors (Lipinski definition) is 4. The van der Waals surface area contributed by atoms with Crippen LogP contribution in [0.5, 0.6) is 0 Å². The van der Waals surface area contributed by atoms with Crippen LogP contribution in [-0.2, 0) is 0 Å². The number of aromatic amines is 1. The van der Waals surface area contributed by atoms with Gasteiger partial charge in [-0.3, -0.25) is 9.78 Å². The molecule has 0 saturated carbocycles. The fourth-order valence-electron chi connectivity index (χ4n) is 3.49. The van der Waals surface area contributed by atoms with Gasteiger partial charge in [0.15, 0.2) is 5.82 Å². The van der Waals surface area contributed by atoms with Crippen LogP contribution in [0.3, 0.4) is 0 Å². The molecule has 6 heteroatoms. The molecule has 0 aliphatic carbocycles. The zero-order valence-electron chi connectivity index (χ0n) is 15.0. The fraction of sp³-hybridized carbons (Fsp3) is 0.0909. The van der Waals surface area contributed by atoms with Crippen molar-refractivity contribution >= 4 is 22.7 Å². The average molecular weight is 367 g/mol. The summed E-state index contributed by atoms with van der Waals surface area (Å²) in [6, 6.07) is 21.1. The standard InChI is InChI=1S/C22H17N5O/c28-22(16-10-12-23-13-11-16)27-20(15-6-2-1-3-7-15)14-19(26-27)21-24-17-8-4-5-9-18(17)25-21/h1-13,20H,14H2,(H,24,25). The van der Waals surface area contributed by atoms with Crippen LogP contribution in [0.15, 0.2) is 84.2 Å². The van der Waals surface area contributed by atoms with Gasteiger partial charge in [-0.25, -0.2) is 9.99 Å². The lowest BCUT2D eigenvalue weighted by Gasteiger charge is -2.22. The van der Waals surface area contributed by atoms with Crippen molar-refractivity contribution in [1.29, 1.82) is 0 Å². The molecule has 1 N–H and O–H groups in total. The zero-order valence-corrected chi connectivity index (χ0v) is 15.0. The minimum Gasteiger partial charge on any atom is -0.337 e. The van der Waals surface area contributed by atoms with Crippen LogP contribution in [0, 0.1) is 0 Å². The Morgan fingerprint density at radius 3 is 2.50 bits per heavy atom. The number of pyridine rings is 1. The third-order valence-corrected chi connectivity index (χ3v) is 4.89. The largest absolute Gasteiger partial charge is 0.337 e. The predicted octanol–water partition coefficient (Wildman–Crippen LogP) is 3.95.